The highest BCUT2D eigenvalue weighted by Crippen LogP contribution is 2.11. The highest BCUT2D eigenvalue weighted by atomic mass is 16.3. The Hall–Kier alpha value is -2.15. The summed E-state index contributed by atoms with van der Waals surface area (Å²) in [6.45, 7) is 1.12. The summed E-state index contributed by atoms with van der Waals surface area (Å²) in [6, 6.07) is 4.87. The fourth-order valence-electron chi connectivity index (χ4n) is 2.43. The van der Waals surface area contributed by atoms with E-state index < -0.39 is 6.10 Å². The van der Waals surface area contributed by atoms with Gasteiger partial charge in [-0.05, 0) is 25.3 Å². The Morgan fingerprint density at radius 2 is 2.14 bits per heavy atom. The molecule has 7 nitrogen and oxygen atoms in total. The van der Waals surface area contributed by atoms with Crippen molar-refractivity contribution in [2.24, 2.45) is 0 Å². The van der Waals surface area contributed by atoms with Crippen LogP contribution in [0.5, 0.6) is 0 Å². The summed E-state index contributed by atoms with van der Waals surface area (Å²) in [4.78, 5) is 36.6. The Morgan fingerprint density at radius 1 is 1.32 bits per heavy atom. The van der Waals surface area contributed by atoms with E-state index in [1.54, 1.807) is 18.3 Å². The molecule has 1 aliphatic rings. The first-order valence-corrected chi connectivity index (χ1v) is 7.47. The zero-order valence-electron chi connectivity index (χ0n) is 12.4. The van der Waals surface area contributed by atoms with Crippen LogP contribution in [-0.4, -0.2) is 52.1 Å². The van der Waals surface area contributed by atoms with Gasteiger partial charge in [0.15, 0.2) is 0 Å². The maximum absolute atomic E-state index is 11.9. The Balaban J connectivity index is 1.79. The van der Waals surface area contributed by atoms with Crippen LogP contribution in [0.4, 0.5) is 0 Å². The molecule has 1 aliphatic heterocycles. The quantitative estimate of drug-likeness (QED) is 0.755. The van der Waals surface area contributed by atoms with Gasteiger partial charge in [-0.25, -0.2) is 0 Å². The van der Waals surface area contributed by atoms with Crippen LogP contribution in [0.1, 0.15) is 19.3 Å². The minimum Gasteiger partial charge on any atom is -0.383 e. The van der Waals surface area contributed by atoms with E-state index in [0.29, 0.717) is 26.1 Å². The summed E-state index contributed by atoms with van der Waals surface area (Å²) in [6.07, 6.45) is 2.67. The monoisotopic (exact) mass is 307 g/mol. The molecule has 1 aromatic heterocycles. The number of aliphatic hydroxyl groups is 1. The lowest BCUT2D eigenvalue weighted by atomic mass is 10.2. The fraction of sp³-hybridized carbons (Fsp3) is 0.533. The number of amides is 2. The second-order valence-electron chi connectivity index (χ2n) is 5.35. The maximum Gasteiger partial charge on any atom is 0.251 e. The van der Waals surface area contributed by atoms with Crippen molar-refractivity contribution in [3.63, 3.8) is 0 Å². The van der Waals surface area contributed by atoms with Gasteiger partial charge in [0.25, 0.3) is 11.5 Å². The summed E-state index contributed by atoms with van der Waals surface area (Å²) >= 11 is 0. The van der Waals surface area contributed by atoms with Crippen LogP contribution in [0.3, 0.4) is 0 Å². The topological polar surface area (TPSA) is 91.6 Å². The molecular weight excluding hydrogens is 286 g/mol. The van der Waals surface area contributed by atoms with Crippen molar-refractivity contribution in [1.29, 1.82) is 0 Å². The molecule has 1 saturated heterocycles. The van der Waals surface area contributed by atoms with E-state index in [-0.39, 0.29) is 23.9 Å². The first kappa shape index (κ1) is 16.2. The van der Waals surface area contributed by atoms with E-state index in [9.17, 15) is 19.5 Å². The first-order chi connectivity index (χ1) is 10.6. The summed E-state index contributed by atoms with van der Waals surface area (Å²) in [5, 5.41) is 12.3. The predicted octanol–water partition coefficient (Wildman–Crippen LogP) is -0.662. The molecule has 1 aromatic rings. The van der Waals surface area contributed by atoms with Gasteiger partial charge in [0.05, 0.1) is 6.54 Å². The smallest absolute Gasteiger partial charge is 0.251 e. The average Bonchev–Trinajstić information content (AvgIpc) is 2.65. The SMILES string of the molecule is O=C(CN1CCCCC(O)C1=O)NCCn1ccccc1=O. The molecule has 0 aliphatic carbocycles. The molecule has 0 saturated carbocycles. The van der Waals surface area contributed by atoms with Crippen LogP contribution < -0.4 is 10.9 Å². The van der Waals surface area contributed by atoms with Crippen molar-refractivity contribution in [2.75, 3.05) is 19.6 Å². The van der Waals surface area contributed by atoms with Crippen molar-refractivity contribution in [1.82, 2.24) is 14.8 Å². The number of nitrogens with one attached hydrogen (secondary N) is 1. The summed E-state index contributed by atoms with van der Waals surface area (Å²) < 4.78 is 1.50. The Bertz CT molecular complexity index is 584. The second-order valence-corrected chi connectivity index (χ2v) is 5.35. The number of aliphatic hydroxyl groups excluding tert-OH is 1. The molecule has 22 heavy (non-hydrogen) atoms. The fourth-order valence-corrected chi connectivity index (χ4v) is 2.43. The number of likely N-dealkylation sites (tertiary alicyclic amines) is 1. The van der Waals surface area contributed by atoms with Crippen LogP contribution in [0, 0.1) is 0 Å². The van der Waals surface area contributed by atoms with E-state index in [0.717, 1.165) is 12.8 Å². The van der Waals surface area contributed by atoms with E-state index in [1.807, 2.05) is 0 Å². The van der Waals surface area contributed by atoms with Crippen molar-refractivity contribution in [3.05, 3.63) is 34.7 Å². The molecule has 0 spiro atoms. The first-order valence-electron chi connectivity index (χ1n) is 7.47. The summed E-state index contributed by atoms with van der Waals surface area (Å²) in [7, 11) is 0. The van der Waals surface area contributed by atoms with Crippen molar-refractivity contribution in [2.45, 2.75) is 31.9 Å². The number of aromatic nitrogens is 1. The molecule has 2 rings (SSSR count). The lowest BCUT2D eigenvalue weighted by Gasteiger charge is -2.21. The largest absolute Gasteiger partial charge is 0.383 e. The van der Waals surface area contributed by atoms with E-state index in [2.05, 4.69) is 5.32 Å². The van der Waals surface area contributed by atoms with E-state index in [4.69, 9.17) is 0 Å². The minimum absolute atomic E-state index is 0.0560. The van der Waals surface area contributed by atoms with Crippen LogP contribution in [-0.2, 0) is 16.1 Å². The van der Waals surface area contributed by atoms with Gasteiger partial charge in [-0.3, -0.25) is 14.4 Å². The molecule has 2 amide bonds. The third-order valence-corrected chi connectivity index (χ3v) is 3.66. The van der Waals surface area contributed by atoms with E-state index in [1.165, 1.54) is 15.5 Å². The molecule has 0 aromatic carbocycles. The average molecular weight is 307 g/mol. The lowest BCUT2D eigenvalue weighted by Crippen LogP contribution is -2.44. The second kappa shape index (κ2) is 7.74. The molecule has 120 valence electrons. The zero-order chi connectivity index (χ0) is 15.9. The Kier molecular flexibility index (Phi) is 5.71. The molecular formula is C15H21N3O4. The number of carbonyl (C=O) groups is 2. The number of pyridine rings is 1. The number of nitrogens with zero attached hydrogens (tertiary/aromatic N) is 2. The Labute approximate surface area is 128 Å². The predicted molar refractivity (Wildman–Crippen MR) is 80.1 cm³/mol. The van der Waals surface area contributed by atoms with Crippen LogP contribution in [0.2, 0.25) is 0 Å². The standard InChI is InChI=1S/C15H21N3O4/c19-12-5-1-3-9-18(15(12)22)11-13(20)16-7-10-17-8-4-2-6-14(17)21/h2,4,6,8,12,19H,1,3,5,7,9-11H2,(H,16,20). The highest BCUT2D eigenvalue weighted by molar-refractivity contribution is 5.87. The third-order valence-electron chi connectivity index (χ3n) is 3.66. The highest BCUT2D eigenvalue weighted by Gasteiger charge is 2.26. The van der Waals surface area contributed by atoms with Gasteiger partial charge in [-0.15, -0.1) is 0 Å². The molecule has 2 heterocycles. The minimum atomic E-state index is -1.00. The van der Waals surface area contributed by atoms with Gasteiger partial charge in [-0.2, -0.15) is 0 Å². The number of carbonyl (C=O) groups excluding carboxylic acids is 2. The lowest BCUT2D eigenvalue weighted by molar-refractivity contribution is -0.142. The molecule has 2 N–H and O–H groups in total. The molecule has 7 heteroatoms. The maximum atomic E-state index is 11.9. The van der Waals surface area contributed by atoms with Crippen LogP contribution in [0.15, 0.2) is 29.2 Å². The van der Waals surface area contributed by atoms with Crippen molar-refractivity contribution < 1.29 is 14.7 Å². The molecule has 1 fully saturated rings. The van der Waals surface area contributed by atoms with Crippen LogP contribution in [0.25, 0.3) is 0 Å². The summed E-state index contributed by atoms with van der Waals surface area (Å²) in [5.41, 5.74) is -0.123. The zero-order valence-corrected chi connectivity index (χ0v) is 12.4. The van der Waals surface area contributed by atoms with E-state index >= 15 is 0 Å². The van der Waals surface area contributed by atoms with Gasteiger partial charge in [0.1, 0.15) is 6.10 Å². The van der Waals surface area contributed by atoms with Gasteiger partial charge >= 0.3 is 0 Å². The van der Waals surface area contributed by atoms with Gasteiger partial charge < -0.3 is 19.9 Å². The number of hydrogen-bond acceptors (Lipinski definition) is 4. The number of hydrogen-bond donors (Lipinski definition) is 2. The van der Waals surface area contributed by atoms with Gasteiger partial charge in [0, 0.05) is 31.9 Å². The molecule has 1 unspecified atom stereocenters. The van der Waals surface area contributed by atoms with Crippen molar-refractivity contribution >= 4 is 11.8 Å². The van der Waals surface area contributed by atoms with Crippen LogP contribution >= 0.6 is 0 Å². The number of rotatable bonds is 5. The third kappa shape index (κ3) is 4.42. The Morgan fingerprint density at radius 3 is 2.91 bits per heavy atom. The summed E-state index contributed by atoms with van der Waals surface area (Å²) in [5.74, 6) is -0.668. The molecule has 0 radical (unpaired) electrons. The van der Waals surface area contributed by atoms with Gasteiger partial charge in [-0.1, -0.05) is 6.07 Å². The molecule has 0 bridgehead atoms. The van der Waals surface area contributed by atoms with Crippen molar-refractivity contribution in [3.8, 4) is 0 Å². The van der Waals surface area contributed by atoms with Gasteiger partial charge in [0.2, 0.25) is 5.91 Å². The normalized spacial score (nSPS) is 18.9. The molecule has 1 atom stereocenters.